The van der Waals surface area contributed by atoms with Crippen LogP contribution in [0.5, 0.6) is 11.5 Å². The molecule has 0 amide bonds. The standard InChI is InChI=1S/C19H19NO7S/c1-24-14-8-13(9-15(10-14)25-2)17-16(21)18(19(20)26-17)27-28(22,23)11-12-6-4-3-5-7-12/h3-10,17H,11,20H2,1-2H3/t17-/m1/s1/i11D2,17D. The van der Waals surface area contributed by atoms with Crippen LogP contribution in [-0.4, -0.2) is 28.4 Å². The number of carbonyl (C=O) groups is 1. The van der Waals surface area contributed by atoms with E-state index in [9.17, 15) is 13.2 Å². The SMILES string of the molecule is [2H]C([2H])(c1ccccc1)S(=O)(=O)OC1=C(N)O[C@]([2H])(c2cc(OC)cc(OC)c2)C1=O. The summed E-state index contributed by atoms with van der Waals surface area (Å²) in [5.74, 6) is -2.49. The molecule has 0 spiro atoms. The third kappa shape index (κ3) is 4.20. The first-order valence-electron chi connectivity index (χ1n) is 9.43. The lowest BCUT2D eigenvalue weighted by atomic mass is 10.1. The van der Waals surface area contributed by atoms with Crippen LogP contribution in [0.25, 0.3) is 0 Å². The highest BCUT2D eigenvalue weighted by Gasteiger charge is 2.40. The van der Waals surface area contributed by atoms with Gasteiger partial charge in [-0.25, -0.2) is 0 Å². The van der Waals surface area contributed by atoms with Crippen LogP contribution in [0.2, 0.25) is 0 Å². The summed E-state index contributed by atoms with van der Waals surface area (Å²) in [6.07, 6.45) is -2.49. The number of ketones is 1. The Morgan fingerprint density at radius 1 is 1.14 bits per heavy atom. The molecule has 8 nitrogen and oxygen atoms in total. The second-order valence-corrected chi connectivity index (χ2v) is 6.84. The largest absolute Gasteiger partial charge is 0.497 e. The van der Waals surface area contributed by atoms with Gasteiger partial charge in [0, 0.05) is 11.6 Å². The van der Waals surface area contributed by atoms with E-state index in [-0.39, 0.29) is 22.6 Å². The molecule has 1 aliphatic rings. The minimum atomic E-state index is -5.06. The maximum atomic E-state index is 12.9. The van der Waals surface area contributed by atoms with E-state index in [0.717, 1.165) is 0 Å². The molecule has 0 unspecified atom stereocenters. The fourth-order valence-corrected chi connectivity index (χ4v) is 3.25. The molecule has 0 aromatic heterocycles. The molecule has 1 heterocycles. The summed E-state index contributed by atoms with van der Waals surface area (Å²) in [6.45, 7) is 0. The number of Topliss-reactive ketones (excluding diaryl/α,β-unsaturated/α-hetero) is 1. The Balaban J connectivity index is 1.96. The Hall–Kier alpha value is -3.20. The Kier molecular flexibility index (Phi) is 4.41. The van der Waals surface area contributed by atoms with Crippen molar-refractivity contribution in [1.82, 2.24) is 0 Å². The highest BCUT2D eigenvalue weighted by Crippen LogP contribution is 2.36. The number of nitrogens with two attached hydrogens (primary N) is 1. The predicted octanol–water partition coefficient (Wildman–Crippen LogP) is 2.02. The van der Waals surface area contributed by atoms with Gasteiger partial charge in [-0.15, -0.1) is 0 Å². The number of hydrogen-bond donors (Lipinski definition) is 1. The molecule has 0 bridgehead atoms. The van der Waals surface area contributed by atoms with Gasteiger partial charge in [0.2, 0.25) is 17.4 Å². The van der Waals surface area contributed by atoms with E-state index in [1.807, 2.05) is 0 Å². The first kappa shape index (κ1) is 15.8. The van der Waals surface area contributed by atoms with Crippen LogP contribution < -0.4 is 15.2 Å². The van der Waals surface area contributed by atoms with Crippen molar-refractivity contribution in [3.63, 3.8) is 0 Å². The summed E-state index contributed by atoms with van der Waals surface area (Å²) in [7, 11) is -2.32. The van der Waals surface area contributed by atoms with E-state index in [1.54, 1.807) is 6.07 Å². The molecule has 2 N–H and O–H groups in total. The van der Waals surface area contributed by atoms with Crippen molar-refractivity contribution < 1.29 is 35.7 Å². The van der Waals surface area contributed by atoms with E-state index in [2.05, 4.69) is 0 Å². The van der Waals surface area contributed by atoms with Crippen molar-refractivity contribution >= 4 is 15.9 Å². The molecule has 0 saturated heterocycles. The fourth-order valence-electron chi connectivity index (χ4n) is 2.41. The first-order valence-corrected chi connectivity index (χ1v) is 9.34. The molecular weight excluding hydrogens is 386 g/mol. The van der Waals surface area contributed by atoms with Gasteiger partial charge in [-0.05, 0) is 17.7 Å². The molecule has 0 radical (unpaired) electrons. The van der Waals surface area contributed by atoms with E-state index >= 15 is 0 Å². The Bertz CT molecular complexity index is 1130. The molecule has 2 aromatic carbocycles. The van der Waals surface area contributed by atoms with Crippen molar-refractivity contribution in [3.8, 4) is 11.5 Å². The Morgan fingerprint density at radius 3 is 2.32 bits per heavy atom. The molecule has 9 heteroatoms. The van der Waals surface area contributed by atoms with Gasteiger partial charge < -0.3 is 24.1 Å². The molecule has 0 saturated carbocycles. The van der Waals surface area contributed by atoms with Crippen molar-refractivity contribution in [1.29, 1.82) is 0 Å². The van der Waals surface area contributed by atoms with Crippen molar-refractivity contribution in [3.05, 3.63) is 71.3 Å². The second kappa shape index (κ2) is 7.81. The molecule has 28 heavy (non-hydrogen) atoms. The average Bonchev–Trinajstić information content (AvgIpc) is 2.97. The summed E-state index contributed by atoms with van der Waals surface area (Å²) in [4.78, 5) is 12.9. The van der Waals surface area contributed by atoms with Crippen LogP contribution >= 0.6 is 0 Å². The second-order valence-electron chi connectivity index (χ2n) is 5.56. The highest BCUT2D eigenvalue weighted by molar-refractivity contribution is 7.86. The smallest absolute Gasteiger partial charge is 0.313 e. The number of ether oxygens (including phenoxy) is 3. The van der Waals surface area contributed by atoms with Gasteiger partial charge in [-0.2, -0.15) is 8.42 Å². The predicted molar refractivity (Wildman–Crippen MR) is 99.7 cm³/mol. The maximum absolute atomic E-state index is 12.9. The minimum Gasteiger partial charge on any atom is -0.497 e. The van der Waals surface area contributed by atoms with E-state index < -0.39 is 39.3 Å². The molecule has 0 aliphatic carbocycles. The van der Waals surface area contributed by atoms with E-state index in [4.69, 9.17) is 28.2 Å². The van der Waals surface area contributed by atoms with Gasteiger partial charge in [0.05, 0.1) is 18.3 Å². The quantitative estimate of drug-likeness (QED) is 0.692. The van der Waals surface area contributed by atoms with Crippen molar-refractivity contribution in [2.45, 2.75) is 11.8 Å². The zero-order valence-corrected chi connectivity index (χ0v) is 15.8. The lowest BCUT2D eigenvalue weighted by molar-refractivity contribution is -0.123. The first-order chi connectivity index (χ1) is 14.5. The van der Waals surface area contributed by atoms with Crippen LogP contribution in [0.15, 0.2) is 60.2 Å². The molecular formula is C19H19NO7S. The summed E-state index contributed by atoms with van der Waals surface area (Å²) >= 11 is 0. The van der Waals surface area contributed by atoms with Crippen LogP contribution in [0.1, 0.15) is 21.3 Å². The summed E-state index contributed by atoms with van der Waals surface area (Å²) in [5, 5.41) is 0. The van der Waals surface area contributed by atoms with Gasteiger partial charge >= 0.3 is 10.1 Å². The molecule has 2 aromatic rings. The molecule has 148 valence electrons. The van der Waals surface area contributed by atoms with Crippen molar-refractivity contribution in [2.24, 2.45) is 5.73 Å². The van der Waals surface area contributed by atoms with Gasteiger partial charge in [0.1, 0.15) is 17.2 Å². The summed E-state index contributed by atoms with van der Waals surface area (Å²) in [5.41, 5.74) is 2.38. The van der Waals surface area contributed by atoms with Gasteiger partial charge in [0.15, 0.2) is 6.08 Å². The minimum absolute atomic E-state index is 0.0567. The van der Waals surface area contributed by atoms with E-state index in [0.29, 0.717) is 0 Å². The lowest BCUT2D eigenvalue weighted by Gasteiger charge is -2.13. The molecule has 1 aliphatic heterocycles. The van der Waals surface area contributed by atoms with Gasteiger partial charge in [0.25, 0.3) is 0 Å². The van der Waals surface area contributed by atoms with Crippen molar-refractivity contribution in [2.75, 3.05) is 14.2 Å². The van der Waals surface area contributed by atoms with Gasteiger partial charge in [-0.3, -0.25) is 4.79 Å². The zero-order valence-electron chi connectivity index (χ0n) is 18.0. The molecule has 1 atom stereocenters. The zero-order chi connectivity index (χ0) is 23.0. The highest BCUT2D eigenvalue weighted by atomic mass is 32.2. The summed E-state index contributed by atoms with van der Waals surface area (Å²) < 4.78 is 69.9. The van der Waals surface area contributed by atoms with Crippen LogP contribution in [0.3, 0.4) is 0 Å². The Labute approximate surface area is 166 Å². The number of rotatable bonds is 7. The molecule has 0 fully saturated rings. The van der Waals surface area contributed by atoms with Gasteiger partial charge in [-0.1, -0.05) is 30.3 Å². The van der Waals surface area contributed by atoms with E-state index in [1.165, 1.54) is 56.7 Å². The molecule has 3 rings (SSSR count). The van der Waals surface area contributed by atoms with Crippen LogP contribution in [-0.2, 0) is 29.5 Å². The normalized spacial score (nSPS) is 21.4. The number of benzene rings is 2. The third-order valence-corrected chi connectivity index (χ3v) is 4.54. The maximum Gasteiger partial charge on any atom is 0.313 e. The number of methoxy groups -OCH3 is 2. The lowest BCUT2D eigenvalue weighted by Crippen LogP contribution is -2.16. The average molecular weight is 408 g/mol. The Morgan fingerprint density at radius 2 is 1.75 bits per heavy atom. The van der Waals surface area contributed by atoms with Crippen LogP contribution in [0.4, 0.5) is 0 Å². The topological polar surface area (TPSA) is 114 Å². The number of carbonyl (C=O) groups excluding carboxylic acids is 1. The van der Waals surface area contributed by atoms with Crippen LogP contribution in [0, 0.1) is 0 Å². The number of hydrogen-bond acceptors (Lipinski definition) is 8. The summed E-state index contributed by atoms with van der Waals surface area (Å²) in [6, 6.07) is 11.1. The fraction of sp³-hybridized carbons (Fsp3) is 0.211. The third-order valence-electron chi connectivity index (χ3n) is 3.67. The monoisotopic (exact) mass is 408 g/mol.